The van der Waals surface area contributed by atoms with E-state index in [2.05, 4.69) is 10.3 Å². The Hall–Kier alpha value is -2.50. The summed E-state index contributed by atoms with van der Waals surface area (Å²) in [5.74, 6) is 1.46. The maximum absolute atomic E-state index is 12.3. The SMILES string of the molecule is Cc1ccc(-c2nc3c(c(N(C)CC(=O)NC(C)(C)C)n2)CCC3)nc1. The van der Waals surface area contributed by atoms with Crippen molar-refractivity contribution in [1.29, 1.82) is 0 Å². The molecule has 3 rings (SSSR count). The summed E-state index contributed by atoms with van der Waals surface area (Å²) in [6, 6.07) is 3.96. The number of hydrogen-bond acceptors (Lipinski definition) is 5. The first-order chi connectivity index (χ1) is 12.2. The molecule has 2 aromatic heterocycles. The van der Waals surface area contributed by atoms with E-state index in [4.69, 9.17) is 9.97 Å². The minimum absolute atomic E-state index is 0.0135. The molecule has 1 aliphatic carbocycles. The normalized spacial score (nSPS) is 13.4. The largest absolute Gasteiger partial charge is 0.350 e. The van der Waals surface area contributed by atoms with Crippen LogP contribution in [0.4, 0.5) is 5.82 Å². The lowest BCUT2D eigenvalue weighted by Crippen LogP contribution is -2.45. The molecule has 0 unspecified atom stereocenters. The summed E-state index contributed by atoms with van der Waals surface area (Å²) in [7, 11) is 1.91. The van der Waals surface area contributed by atoms with Crippen molar-refractivity contribution in [3.05, 3.63) is 35.2 Å². The molecule has 138 valence electrons. The molecule has 0 spiro atoms. The molecule has 6 nitrogen and oxygen atoms in total. The van der Waals surface area contributed by atoms with Gasteiger partial charge in [-0.3, -0.25) is 9.78 Å². The van der Waals surface area contributed by atoms with Crippen LogP contribution in [0, 0.1) is 6.92 Å². The van der Waals surface area contributed by atoms with Gasteiger partial charge in [-0.15, -0.1) is 0 Å². The van der Waals surface area contributed by atoms with Gasteiger partial charge in [-0.05, 0) is 58.6 Å². The molecular weight excluding hydrogens is 326 g/mol. The number of carbonyl (C=O) groups is 1. The Balaban J connectivity index is 1.91. The summed E-state index contributed by atoms with van der Waals surface area (Å²) >= 11 is 0. The fraction of sp³-hybridized carbons (Fsp3) is 0.500. The first kappa shape index (κ1) is 18.3. The van der Waals surface area contributed by atoms with Crippen molar-refractivity contribution >= 4 is 11.7 Å². The second kappa shape index (κ2) is 7.02. The van der Waals surface area contributed by atoms with Gasteiger partial charge in [0.2, 0.25) is 5.91 Å². The molecule has 0 aromatic carbocycles. The highest BCUT2D eigenvalue weighted by atomic mass is 16.2. The third-order valence-corrected chi connectivity index (χ3v) is 4.31. The van der Waals surface area contributed by atoms with E-state index in [0.717, 1.165) is 47.6 Å². The number of aromatic nitrogens is 3. The van der Waals surface area contributed by atoms with Gasteiger partial charge < -0.3 is 10.2 Å². The lowest BCUT2D eigenvalue weighted by Gasteiger charge is -2.25. The zero-order valence-electron chi connectivity index (χ0n) is 16.3. The number of carbonyl (C=O) groups excluding carboxylic acids is 1. The summed E-state index contributed by atoms with van der Waals surface area (Å²) in [6.45, 7) is 8.21. The van der Waals surface area contributed by atoms with Gasteiger partial charge in [0.25, 0.3) is 0 Å². The van der Waals surface area contributed by atoms with Crippen LogP contribution in [-0.2, 0) is 17.6 Å². The molecule has 0 fully saturated rings. The van der Waals surface area contributed by atoms with Gasteiger partial charge in [-0.2, -0.15) is 0 Å². The molecular formula is C20H27N5O. The number of rotatable bonds is 4. The molecule has 0 saturated carbocycles. The Morgan fingerprint density at radius 3 is 2.65 bits per heavy atom. The van der Waals surface area contributed by atoms with Crippen LogP contribution < -0.4 is 10.2 Å². The Morgan fingerprint density at radius 2 is 2.00 bits per heavy atom. The van der Waals surface area contributed by atoms with Gasteiger partial charge in [0.15, 0.2) is 5.82 Å². The van der Waals surface area contributed by atoms with Crippen molar-refractivity contribution in [1.82, 2.24) is 20.3 Å². The molecule has 6 heteroatoms. The van der Waals surface area contributed by atoms with Crippen LogP contribution in [0.1, 0.15) is 44.0 Å². The number of pyridine rings is 1. The molecule has 0 saturated heterocycles. The van der Waals surface area contributed by atoms with E-state index in [-0.39, 0.29) is 18.0 Å². The van der Waals surface area contributed by atoms with Crippen LogP contribution >= 0.6 is 0 Å². The van der Waals surface area contributed by atoms with Gasteiger partial charge in [0, 0.05) is 30.0 Å². The summed E-state index contributed by atoms with van der Waals surface area (Å²) in [5, 5.41) is 3.00. The van der Waals surface area contributed by atoms with Gasteiger partial charge in [0.05, 0.1) is 6.54 Å². The van der Waals surface area contributed by atoms with E-state index < -0.39 is 0 Å². The van der Waals surface area contributed by atoms with Crippen LogP contribution in [0.15, 0.2) is 18.3 Å². The van der Waals surface area contributed by atoms with E-state index in [1.165, 1.54) is 0 Å². The third kappa shape index (κ3) is 4.18. The number of hydrogen-bond donors (Lipinski definition) is 1. The van der Waals surface area contributed by atoms with Crippen molar-refractivity contribution < 1.29 is 4.79 Å². The summed E-state index contributed by atoms with van der Waals surface area (Å²) < 4.78 is 0. The number of fused-ring (bicyclic) bond motifs is 1. The van der Waals surface area contributed by atoms with Crippen LogP contribution in [0.5, 0.6) is 0 Å². The predicted molar refractivity (Wildman–Crippen MR) is 103 cm³/mol. The van der Waals surface area contributed by atoms with Crippen molar-refractivity contribution in [2.45, 2.75) is 52.5 Å². The number of amides is 1. The van der Waals surface area contributed by atoms with Crippen LogP contribution in [0.25, 0.3) is 11.5 Å². The van der Waals surface area contributed by atoms with Crippen molar-refractivity contribution in [3.63, 3.8) is 0 Å². The fourth-order valence-corrected chi connectivity index (χ4v) is 3.19. The topological polar surface area (TPSA) is 71.0 Å². The van der Waals surface area contributed by atoms with E-state index in [1.54, 1.807) is 0 Å². The molecule has 1 N–H and O–H groups in total. The average Bonchev–Trinajstić information content (AvgIpc) is 3.01. The fourth-order valence-electron chi connectivity index (χ4n) is 3.19. The molecule has 0 aliphatic heterocycles. The van der Waals surface area contributed by atoms with E-state index in [1.807, 2.05) is 58.0 Å². The summed E-state index contributed by atoms with van der Waals surface area (Å²) in [4.78, 5) is 28.2. The van der Waals surface area contributed by atoms with E-state index >= 15 is 0 Å². The average molecular weight is 353 g/mol. The Bertz CT molecular complexity index is 808. The van der Waals surface area contributed by atoms with Gasteiger partial charge in [-0.25, -0.2) is 9.97 Å². The zero-order valence-corrected chi connectivity index (χ0v) is 16.3. The standard InChI is InChI=1S/C20H27N5O/c1-13-9-10-16(21-11-13)18-22-15-8-6-7-14(15)19(23-18)25(5)12-17(26)24-20(2,3)4/h9-11H,6-8,12H2,1-5H3,(H,24,26). The highest BCUT2D eigenvalue weighted by Crippen LogP contribution is 2.30. The maximum atomic E-state index is 12.3. The van der Waals surface area contributed by atoms with Crippen LogP contribution in [0.3, 0.4) is 0 Å². The number of anilines is 1. The third-order valence-electron chi connectivity index (χ3n) is 4.31. The molecule has 0 atom stereocenters. The second-order valence-electron chi connectivity index (χ2n) is 8.02. The Labute approximate surface area is 155 Å². The molecule has 0 radical (unpaired) electrons. The molecule has 26 heavy (non-hydrogen) atoms. The van der Waals surface area contributed by atoms with Crippen molar-refractivity contribution in [2.75, 3.05) is 18.5 Å². The summed E-state index contributed by atoms with van der Waals surface area (Å²) in [6.07, 6.45) is 4.80. The highest BCUT2D eigenvalue weighted by Gasteiger charge is 2.24. The monoisotopic (exact) mass is 353 g/mol. The lowest BCUT2D eigenvalue weighted by atomic mass is 10.1. The number of likely N-dealkylation sites (N-methyl/N-ethyl adjacent to an activating group) is 1. The zero-order chi connectivity index (χ0) is 18.9. The maximum Gasteiger partial charge on any atom is 0.239 e. The predicted octanol–water partition coefficient (Wildman–Crippen LogP) is 2.69. The first-order valence-electron chi connectivity index (χ1n) is 9.08. The second-order valence-corrected chi connectivity index (χ2v) is 8.02. The molecule has 1 aliphatic rings. The van der Waals surface area contributed by atoms with Crippen LogP contribution in [0.2, 0.25) is 0 Å². The minimum atomic E-state index is -0.247. The summed E-state index contributed by atoms with van der Waals surface area (Å²) in [5.41, 5.74) is 3.86. The molecule has 0 bridgehead atoms. The van der Waals surface area contributed by atoms with Gasteiger partial charge >= 0.3 is 0 Å². The van der Waals surface area contributed by atoms with E-state index in [9.17, 15) is 4.79 Å². The first-order valence-corrected chi connectivity index (χ1v) is 9.08. The number of nitrogens with zero attached hydrogens (tertiary/aromatic N) is 4. The molecule has 2 heterocycles. The number of nitrogens with one attached hydrogen (secondary N) is 1. The van der Waals surface area contributed by atoms with Crippen molar-refractivity contribution in [2.24, 2.45) is 0 Å². The highest BCUT2D eigenvalue weighted by molar-refractivity contribution is 5.82. The Kier molecular flexibility index (Phi) is 4.94. The molecule has 1 amide bonds. The minimum Gasteiger partial charge on any atom is -0.350 e. The smallest absolute Gasteiger partial charge is 0.239 e. The number of aryl methyl sites for hydroxylation is 2. The van der Waals surface area contributed by atoms with Gasteiger partial charge in [-0.1, -0.05) is 6.07 Å². The molecule has 2 aromatic rings. The van der Waals surface area contributed by atoms with Gasteiger partial charge in [0.1, 0.15) is 11.5 Å². The van der Waals surface area contributed by atoms with E-state index in [0.29, 0.717) is 5.82 Å². The lowest BCUT2D eigenvalue weighted by molar-refractivity contribution is -0.121. The quantitative estimate of drug-likeness (QED) is 0.915. The Morgan fingerprint density at radius 1 is 1.23 bits per heavy atom. The van der Waals surface area contributed by atoms with Crippen LogP contribution in [-0.4, -0.2) is 40.0 Å². The van der Waals surface area contributed by atoms with Crippen molar-refractivity contribution in [3.8, 4) is 11.5 Å².